The Labute approximate surface area is 142 Å². The molecule has 1 heterocycles. The fraction of sp³-hybridized carbons (Fsp3) is 0.571. The van der Waals surface area contributed by atoms with Gasteiger partial charge in [-0.1, -0.05) is 95.0 Å². The van der Waals surface area contributed by atoms with Crippen molar-refractivity contribution in [2.24, 2.45) is 0 Å². The lowest BCUT2D eigenvalue weighted by Gasteiger charge is -2.08. The van der Waals surface area contributed by atoms with Gasteiger partial charge in [-0.15, -0.1) is 0 Å². The summed E-state index contributed by atoms with van der Waals surface area (Å²) >= 11 is 0. The van der Waals surface area contributed by atoms with E-state index in [4.69, 9.17) is 0 Å². The van der Waals surface area contributed by atoms with Crippen LogP contribution in [0.15, 0.2) is 42.7 Å². The molecule has 1 aromatic heterocycles. The average Bonchev–Trinajstić information content (AvgIpc) is 3.06. The van der Waals surface area contributed by atoms with Gasteiger partial charge in [0.1, 0.15) is 5.82 Å². The minimum atomic E-state index is 1.08. The van der Waals surface area contributed by atoms with Crippen LogP contribution in [-0.2, 0) is 6.54 Å². The fourth-order valence-electron chi connectivity index (χ4n) is 3.11. The van der Waals surface area contributed by atoms with Crippen molar-refractivity contribution in [2.45, 2.75) is 77.7 Å². The molecule has 2 aromatic rings. The maximum atomic E-state index is 4.51. The molecule has 2 heteroatoms. The third kappa shape index (κ3) is 6.60. The zero-order chi connectivity index (χ0) is 16.2. The highest BCUT2D eigenvalue weighted by atomic mass is 15.1. The molecule has 0 aliphatic carbocycles. The van der Waals surface area contributed by atoms with Crippen molar-refractivity contribution in [1.29, 1.82) is 0 Å². The number of aryl methyl sites for hydroxylation is 1. The highest BCUT2D eigenvalue weighted by Crippen LogP contribution is 2.18. The molecule has 0 radical (unpaired) electrons. The van der Waals surface area contributed by atoms with Gasteiger partial charge < -0.3 is 4.57 Å². The highest BCUT2D eigenvalue weighted by molar-refractivity contribution is 5.54. The Hall–Kier alpha value is -1.57. The minimum absolute atomic E-state index is 1.08. The lowest BCUT2D eigenvalue weighted by atomic mass is 10.1. The Bertz CT molecular complexity index is 516. The molecular weight excluding hydrogens is 280 g/mol. The van der Waals surface area contributed by atoms with E-state index in [2.05, 4.69) is 53.0 Å². The van der Waals surface area contributed by atoms with Crippen LogP contribution in [0.3, 0.4) is 0 Å². The second-order valence-electron chi connectivity index (χ2n) is 6.49. The quantitative estimate of drug-likeness (QED) is 0.411. The monoisotopic (exact) mass is 312 g/mol. The van der Waals surface area contributed by atoms with Crippen LogP contribution in [0.1, 0.15) is 71.1 Å². The number of nitrogens with zero attached hydrogens (tertiary/aromatic N) is 2. The standard InChI is InChI=1S/C21H32N2/c1-2-3-4-5-6-7-8-9-10-14-18-23-19-17-22-21(23)20-15-12-11-13-16-20/h11-13,15-17,19H,2-10,14,18H2,1H3. The summed E-state index contributed by atoms with van der Waals surface area (Å²) in [5.74, 6) is 1.10. The molecule has 1 aromatic carbocycles. The van der Waals surface area contributed by atoms with Crippen molar-refractivity contribution in [2.75, 3.05) is 0 Å². The molecule has 0 amide bonds. The van der Waals surface area contributed by atoms with Gasteiger partial charge in [-0.25, -0.2) is 4.98 Å². The summed E-state index contributed by atoms with van der Waals surface area (Å²) in [6.45, 7) is 3.37. The molecule has 0 unspecified atom stereocenters. The minimum Gasteiger partial charge on any atom is -0.331 e. The van der Waals surface area contributed by atoms with Gasteiger partial charge in [0.15, 0.2) is 0 Å². The molecule has 126 valence electrons. The summed E-state index contributed by atoms with van der Waals surface area (Å²) < 4.78 is 2.29. The van der Waals surface area contributed by atoms with Crippen molar-refractivity contribution in [1.82, 2.24) is 9.55 Å². The summed E-state index contributed by atoms with van der Waals surface area (Å²) in [6, 6.07) is 10.5. The van der Waals surface area contributed by atoms with Crippen LogP contribution in [-0.4, -0.2) is 9.55 Å². The third-order valence-corrected chi connectivity index (χ3v) is 4.50. The largest absolute Gasteiger partial charge is 0.331 e. The SMILES string of the molecule is CCCCCCCCCCCCn1ccnc1-c1ccccc1. The van der Waals surface area contributed by atoms with Crippen LogP contribution in [0.5, 0.6) is 0 Å². The Balaban J connectivity index is 1.58. The van der Waals surface area contributed by atoms with Crippen molar-refractivity contribution in [3.05, 3.63) is 42.7 Å². The Kier molecular flexibility index (Phi) is 8.53. The summed E-state index contributed by atoms with van der Waals surface area (Å²) in [7, 11) is 0. The van der Waals surface area contributed by atoms with Crippen molar-refractivity contribution < 1.29 is 0 Å². The van der Waals surface area contributed by atoms with E-state index in [-0.39, 0.29) is 0 Å². The molecule has 2 rings (SSSR count). The fourth-order valence-corrected chi connectivity index (χ4v) is 3.11. The van der Waals surface area contributed by atoms with Crippen LogP contribution >= 0.6 is 0 Å². The molecule has 23 heavy (non-hydrogen) atoms. The van der Waals surface area contributed by atoms with Crippen LogP contribution in [0.4, 0.5) is 0 Å². The van der Waals surface area contributed by atoms with E-state index in [0.717, 1.165) is 12.4 Å². The third-order valence-electron chi connectivity index (χ3n) is 4.50. The van der Waals surface area contributed by atoms with Crippen molar-refractivity contribution in [3.8, 4) is 11.4 Å². The number of rotatable bonds is 12. The summed E-state index contributed by atoms with van der Waals surface area (Å²) in [5.41, 5.74) is 1.21. The van der Waals surface area contributed by atoms with E-state index >= 15 is 0 Å². The maximum absolute atomic E-state index is 4.51. The molecule has 0 saturated carbocycles. The molecule has 0 aliphatic heterocycles. The molecule has 0 atom stereocenters. The normalized spacial score (nSPS) is 11.0. The first-order chi connectivity index (χ1) is 11.4. The van der Waals surface area contributed by atoms with Gasteiger partial charge in [0, 0.05) is 24.5 Å². The Morgan fingerprint density at radius 3 is 2.04 bits per heavy atom. The second kappa shape index (κ2) is 11.0. The van der Waals surface area contributed by atoms with E-state index in [1.54, 1.807) is 0 Å². The Morgan fingerprint density at radius 1 is 0.783 bits per heavy atom. The molecule has 0 saturated heterocycles. The molecule has 0 aliphatic rings. The lowest BCUT2D eigenvalue weighted by molar-refractivity contribution is 0.536. The predicted octanol–water partition coefficient (Wildman–Crippen LogP) is 6.47. The number of hydrogen-bond donors (Lipinski definition) is 0. The number of unbranched alkanes of at least 4 members (excludes halogenated alkanes) is 9. The summed E-state index contributed by atoms with van der Waals surface area (Å²) in [4.78, 5) is 4.51. The van der Waals surface area contributed by atoms with Crippen LogP contribution in [0.2, 0.25) is 0 Å². The maximum Gasteiger partial charge on any atom is 0.139 e. The highest BCUT2D eigenvalue weighted by Gasteiger charge is 2.04. The number of benzene rings is 1. The molecule has 0 spiro atoms. The molecule has 0 fully saturated rings. The molecular formula is C21H32N2. The van der Waals surface area contributed by atoms with Crippen LogP contribution < -0.4 is 0 Å². The van der Waals surface area contributed by atoms with Gasteiger partial charge >= 0.3 is 0 Å². The first kappa shape index (κ1) is 17.8. The smallest absolute Gasteiger partial charge is 0.139 e. The van der Waals surface area contributed by atoms with E-state index in [1.807, 2.05) is 6.20 Å². The van der Waals surface area contributed by atoms with Crippen LogP contribution in [0, 0.1) is 0 Å². The second-order valence-corrected chi connectivity index (χ2v) is 6.49. The first-order valence-electron chi connectivity index (χ1n) is 9.48. The summed E-state index contributed by atoms with van der Waals surface area (Å²) in [6.07, 6.45) is 17.9. The van der Waals surface area contributed by atoms with E-state index < -0.39 is 0 Å². The number of hydrogen-bond acceptors (Lipinski definition) is 1. The average molecular weight is 313 g/mol. The predicted molar refractivity (Wildman–Crippen MR) is 99.5 cm³/mol. The van der Waals surface area contributed by atoms with Gasteiger partial charge in [0.2, 0.25) is 0 Å². The van der Waals surface area contributed by atoms with Gasteiger partial charge in [0.05, 0.1) is 0 Å². The van der Waals surface area contributed by atoms with Gasteiger partial charge in [-0.3, -0.25) is 0 Å². The van der Waals surface area contributed by atoms with Crippen molar-refractivity contribution in [3.63, 3.8) is 0 Å². The van der Waals surface area contributed by atoms with Crippen molar-refractivity contribution >= 4 is 0 Å². The van der Waals surface area contributed by atoms with E-state index in [9.17, 15) is 0 Å². The number of aromatic nitrogens is 2. The zero-order valence-electron chi connectivity index (χ0n) is 14.7. The Morgan fingerprint density at radius 2 is 1.39 bits per heavy atom. The lowest BCUT2D eigenvalue weighted by Crippen LogP contribution is -1.99. The first-order valence-corrected chi connectivity index (χ1v) is 9.48. The molecule has 0 N–H and O–H groups in total. The van der Waals surface area contributed by atoms with E-state index in [1.165, 1.54) is 69.8 Å². The topological polar surface area (TPSA) is 17.8 Å². The summed E-state index contributed by atoms with van der Waals surface area (Å²) in [5, 5.41) is 0. The van der Waals surface area contributed by atoms with Gasteiger partial charge in [0.25, 0.3) is 0 Å². The van der Waals surface area contributed by atoms with Crippen LogP contribution in [0.25, 0.3) is 11.4 Å². The zero-order valence-corrected chi connectivity index (χ0v) is 14.7. The van der Waals surface area contributed by atoms with Gasteiger partial charge in [-0.2, -0.15) is 0 Å². The molecule has 0 bridgehead atoms. The number of imidazole rings is 1. The van der Waals surface area contributed by atoms with Gasteiger partial charge in [-0.05, 0) is 6.42 Å². The molecule has 2 nitrogen and oxygen atoms in total. The van der Waals surface area contributed by atoms with E-state index in [0.29, 0.717) is 0 Å².